The van der Waals surface area contributed by atoms with E-state index < -0.39 is 33.0 Å². The highest BCUT2D eigenvalue weighted by Crippen LogP contribution is 2.34. The van der Waals surface area contributed by atoms with Crippen LogP contribution in [0.4, 0.5) is 10.1 Å². The number of halogens is 1. The summed E-state index contributed by atoms with van der Waals surface area (Å²) in [5.74, 6) is -2.41. The second-order valence-corrected chi connectivity index (χ2v) is 7.09. The third kappa shape index (κ3) is 2.63. The van der Waals surface area contributed by atoms with Crippen LogP contribution in [0.25, 0.3) is 0 Å². The number of benzene rings is 1. The predicted octanol–water partition coefficient (Wildman–Crippen LogP) is 1.85. The zero-order valence-corrected chi connectivity index (χ0v) is 11.8. The fourth-order valence-corrected chi connectivity index (χ4v) is 4.52. The molecule has 110 valence electrons. The van der Waals surface area contributed by atoms with Crippen molar-refractivity contribution in [2.24, 2.45) is 5.92 Å². The second-order valence-electron chi connectivity index (χ2n) is 4.90. The number of anilines is 1. The maximum absolute atomic E-state index is 12.9. The molecule has 20 heavy (non-hydrogen) atoms. The molecule has 0 aromatic heterocycles. The van der Waals surface area contributed by atoms with Crippen molar-refractivity contribution in [2.45, 2.75) is 24.5 Å². The molecule has 1 saturated carbocycles. The summed E-state index contributed by atoms with van der Waals surface area (Å²) in [6, 6.07) is 5.06. The Labute approximate surface area is 117 Å². The van der Waals surface area contributed by atoms with Gasteiger partial charge in [-0.2, -0.15) is 0 Å². The van der Waals surface area contributed by atoms with Crippen LogP contribution in [0.3, 0.4) is 0 Å². The predicted molar refractivity (Wildman–Crippen MR) is 72.5 cm³/mol. The molecule has 0 amide bonds. The molecule has 2 unspecified atom stereocenters. The Morgan fingerprint density at radius 1 is 1.30 bits per heavy atom. The molecular formula is C13H16FNO4S. The quantitative estimate of drug-likeness (QED) is 0.921. The van der Waals surface area contributed by atoms with Gasteiger partial charge in [0, 0.05) is 7.05 Å². The van der Waals surface area contributed by atoms with Gasteiger partial charge in [0.05, 0.1) is 16.9 Å². The second kappa shape index (κ2) is 5.40. The lowest BCUT2D eigenvalue weighted by molar-refractivity contribution is -0.141. The molecule has 0 spiro atoms. The van der Waals surface area contributed by atoms with Gasteiger partial charge in [0.25, 0.3) is 0 Å². The molecule has 1 aliphatic carbocycles. The van der Waals surface area contributed by atoms with Crippen LogP contribution in [0.1, 0.15) is 19.3 Å². The molecular weight excluding hydrogens is 285 g/mol. The Balaban J connectivity index is 2.30. The van der Waals surface area contributed by atoms with Gasteiger partial charge in [-0.1, -0.05) is 6.42 Å². The molecule has 2 rings (SSSR count). The largest absolute Gasteiger partial charge is 0.481 e. The van der Waals surface area contributed by atoms with Crippen LogP contribution in [0.2, 0.25) is 0 Å². The highest BCUT2D eigenvalue weighted by atomic mass is 32.2. The Bertz CT molecular complexity index is 599. The maximum Gasteiger partial charge on any atom is 0.307 e. The molecule has 1 aliphatic rings. The van der Waals surface area contributed by atoms with E-state index in [0.717, 1.165) is 4.31 Å². The van der Waals surface area contributed by atoms with E-state index in [-0.39, 0.29) is 0 Å². The van der Waals surface area contributed by atoms with E-state index in [0.29, 0.717) is 24.9 Å². The average molecular weight is 301 g/mol. The Morgan fingerprint density at radius 2 is 1.90 bits per heavy atom. The first-order chi connectivity index (χ1) is 9.34. The van der Waals surface area contributed by atoms with Crippen LogP contribution in [-0.2, 0) is 14.8 Å². The fourth-order valence-electron chi connectivity index (χ4n) is 2.57. The zero-order chi connectivity index (χ0) is 14.9. The van der Waals surface area contributed by atoms with Gasteiger partial charge in [-0.05, 0) is 37.1 Å². The molecule has 5 nitrogen and oxygen atoms in total. The number of nitrogens with zero attached hydrogens (tertiary/aromatic N) is 1. The third-order valence-electron chi connectivity index (χ3n) is 3.72. The molecule has 7 heteroatoms. The van der Waals surface area contributed by atoms with E-state index in [4.69, 9.17) is 5.11 Å². The Hall–Kier alpha value is -1.63. The normalized spacial score (nSPS) is 22.7. The summed E-state index contributed by atoms with van der Waals surface area (Å²) in [4.78, 5) is 11.1. The number of hydrogen-bond acceptors (Lipinski definition) is 3. The third-order valence-corrected chi connectivity index (χ3v) is 6.03. The van der Waals surface area contributed by atoms with Crippen LogP contribution >= 0.6 is 0 Å². The molecule has 1 N–H and O–H groups in total. The molecule has 0 bridgehead atoms. The van der Waals surface area contributed by atoms with E-state index in [1.54, 1.807) is 0 Å². The van der Waals surface area contributed by atoms with Crippen molar-refractivity contribution in [1.82, 2.24) is 0 Å². The van der Waals surface area contributed by atoms with Gasteiger partial charge in [-0.15, -0.1) is 0 Å². The van der Waals surface area contributed by atoms with Crippen molar-refractivity contribution in [3.05, 3.63) is 30.1 Å². The SMILES string of the molecule is CN(c1ccc(F)cc1)S(=O)(=O)C1CCCC1C(=O)O. The smallest absolute Gasteiger partial charge is 0.307 e. The minimum atomic E-state index is -3.77. The average Bonchev–Trinajstić information content (AvgIpc) is 2.89. The summed E-state index contributed by atoms with van der Waals surface area (Å²) in [6.45, 7) is 0. The standard InChI is InChI=1S/C13H16FNO4S/c1-15(10-7-5-9(14)6-8-10)20(18,19)12-4-2-3-11(12)13(16)17/h5-8,11-12H,2-4H2,1H3,(H,16,17). The summed E-state index contributed by atoms with van der Waals surface area (Å²) < 4.78 is 38.9. The lowest BCUT2D eigenvalue weighted by atomic mass is 10.1. The van der Waals surface area contributed by atoms with Gasteiger partial charge in [-0.25, -0.2) is 12.8 Å². The van der Waals surface area contributed by atoms with E-state index in [1.807, 2.05) is 0 Å². The molecule has 0 aliphatic heterocycles. The first-order valence-electron chi connectivity index (χ1n) is 6.30. The molecule has 0 heterocycles. The summed E-state index contributed by atoms with van der Waals surface area (Å²) in [5.41, 5.74) is 0.322. The molecule has 1 aromatic carbocycles. The molecule has 0 radical (unpaired) electrons. The Morgan fingerprint density at radius 3 is 2.45 bits per heavy atom. The van der Waals surface area contributed by atoms with E-state index in [9.17, 15) is 17.6 Å². The van der Waals surface area contributed by atoms with Crippen molar-refractivity contribution in [3.8, 4) is 0 Å². The van der Waals surface area contributed by atoms with E-state index in [2.05, 4.69) is 0 Å². The van der Waals surface area contributed by atoms with Crippen molar-refractivity contribution in [1.29, 1.82) is 0 Å². The van der Waals surface area contributed by atoms with Crippen molar-refractivity contribution < 1.29 is 22.7 Å². The van der Waals surface area contributed by atoms with Crippen LogP contribution in [-0.4, -0.2) is 31.8 Å². The van der Waals surface area contributed by atoms with Crippen LogP contribution in [0, 0.1) is 11.7 Å². The highest BCUT2D eigenvalue weighted by Gasteiger charge is 2.43. The first kappa shape index (κ1) is 14.8. The van der Waals surface area contributed by atoms with Crippen molar-refractivity contribution in [2.75, 3.05) is 11.4 Å². The molecule has 1 fully saturated rings. The number of carbonyl (C=O) groups is 1. The van der Waals surface area contributed by atoms with Gasteiger partial charge in [-0.3, -0.25) is 9.10 Å². The summed E-state index contributed by atoms with van der Waals surface area (Å²) >= 11 is 0. The first-order valence-corrected chi connectivity index (χ1v) is 7.80. The van der Waals surface area contributed by atoms with Crippen LogP contribution in [0.15, 0.2) is 24.3 Å². The van der Waals surface area contributed by atoms with Gasteiger partial charge in [0.15, 0.2) is 0 Å². The number of hydrogen-bond donors (Lipinski definition) is 1. The van der Waals surface area contributed by atoms with E-state index >= 15 is 0 Å². The van der Waals surface area contributed by atoms with Crippen LogP contribution in [0.5, 0.6) is 0 Å². The number of carboxylic acids is 1. The zero-order valence-electron chi connectivity index (χ0n) is 11.0. The fraction of sp³-hybridized carbons (Fsp3) is 0.462. The molecule has 1 aromatic rings. The van der Waals surface area contributed by atoms with Gasteiger partial charge in [0.1, 0.15) is 5.82 Å². The Kier molecular flexibility index (Phi) is 3.99. The minimum absolute atomic E-state index is 0.322. The topological polar surface area (TPSA) is 74.7 Å². The van der Waals surface area contributed by atoms with Gasteiger partial charge < -0.3 is 5.11 Å². The lowest BCUT2D eigenvalue weighted by Crippen LogP contribution is -2.40. The number of rotatable bonds is 4. The number of sulfonamides is 1. The minimum Gasteiger partial charge on any atom is -0.481 e. The summed E-state index contributed by atoms with van der Waals surface area (Å²) in [5, 5.41) is 8.18. The maximum atomic E-state index is 12.9. The van der Waals surface area contributed by atoms with Crippen molar-refractivity contribution in [3.63, 3.8) is 0 Å². The lowest BCUT2D eigenvalue weighted by Gasteiger charge is -2.25. The summed E-state index contributed by atoms with van der Waals surface area (Å²) in [6.07, 6.45) is 1.29. The van der Waals surface area contributed by atoms with E-state index in [1.165, 1.54) is 31.3 Å². The van der Waals surface area contributed by atoms with Gasteiger partial charge in [0.2, 0.25) is 10.0 Å². The molecule has 2 atom stereocenters. The monoisotopic (exact) mass is 301 g/mol. The van der Waals surface area contributed by atoms with Crippen molar-refractivity contribution >= 4 is 21.7 Å². The van der Waals surface area contributed by atoms with Crippen LogP contribution < -0.4 is 4.31 Å². The highest BCUT2D eigenvalue weighted by molar-refractivity contribution is 7.93. The molecule has 0 saturated heterocycles. The summed E-state index contributed by atoms with van der Waals surface area (Å²) in [7, 11) is -2.41. The van der Waals surface area contributed by atoms with Gasteiger partial charge >= 0.3 is 5.97 Å². The number of aliphatic carboxylic acids is 1. The number of carboxylic acid groups (broad SMARTS) is 1.